The van der Waals surface area contributed by atoms with Gasteiger partial charge in [0.05, 0.1) is 0 Å². The molecule has 0 aromatic rings. The predicted octanol–water partition coefficient (Wildman–Crippen LogP) is 2.31. The minimum Gasteiger partial charge on any atom is -0.300 e. The quantitative estimate of drug-likeness (QED) is 0.347. The summed E-state index contributed by atoms with van der Waals surface area (Å²) in [4.78, 5) is 5.40. The molecule has 2 fully saturated rings. The monoisotopic (exact) mass is 180 g/mol. The van der Waals surface area contributed by atoms with Gasteiger partial charge in [0.2, 0.25) is 0 Å². The van der Waals surface area contributed by atoms with E-state index >= 15 is 0 Å². The van der Waals surface area contributed by atoms with Crippen molar-refractivity contribution in [3.8, 4) is 0 Å². The van der Waals surface area contributed by atoms with Crippen LogP contribution in [0.3, 0.4) is 0 Å². The van der Waals surface area contributed by atoms with Crippen LogP contribution < -0.4 is 0 Å². The summed E-state index contributed by atoms with van der Waals surface area (Å²) in [5.74, 6) is 0. The Kier molecular flexibility index (Phi) is 2.42. The zero-order valence-electron chi connectivity index (χ0n) is 8.06. The number of hydrogen-bond donors (Lipinski definition) is 0. The average molecular weight is 180 g/mol. The van der Waals surface area contributed by atoms with E-state index in [1.165, 1.54) is 19.3 Å². The molecule has 2 rings (SSSR count). The van der Waals surface area contributed by atoms with Crippen LogP contribution in [0.2, 0.25) is 0 Å². The zero-order valence-corrected chi connectivity index (χ0v) is 8.06. The molecule has 0 amide bonds. The molecular formula is C9H16N4. The SMILES string of the molecule is CN1C2CCCC1CC(N=[N+]=[N-])C2. The molecule has 0 aromatic heterocycles. The fourth-order valence-electron chi connectivity index (χ4n) is 2.75. The molecule has 0 saturated carbocycles. The maximum Gasteiger partial charge on any atom is 0.0403 e. The Balaban J connectivity index is 2.07. The van der Waals surface area contributed by atoms with Gasteiger partial charge in [-0.25, -0.2) is 0 Å². The number of fused-ring (bicyclic) bond motifs is 2. The van der Waals surface area contributed by atoms with Crippen molar-refractivity contribution < 1.29 is 0 Å². The van der Waals surface area contributed by atoms with Crippen LogP contribution in [0.1, 0.15) is 32.1 Å². The molecule has 2 aliphatic rings. The van der Waals surface area contributed by atoms with Crippen LogP contribution in [0.4, 0.5) is 0 Å². The summed E-state index contributed by atoms with van der Waals surface area (Å²) in [5, 5.41) is 3.85. The number of piperidine rings is 2. The van der Waals surface area contributed by atoms with Crippen LogP contribution in [0.25, 0.3) is 10.4 Å². The normalized spacial score (nSPS) is 39.6. The van der Waals surface area contributed by atoms with Crippen molar-refractivity contribution in [2.24, 2.45) is 5.11 Å². The summed E-state index contributed by atoms with van der Waals surface area (Å²) in [5.41, 5.74) is 8.39. The molecule has 13 heavy (non-hydrogen) atoms. The van der Waals surface area contributed by atoms with Gasteiger partial charge in [-0.15, -0.1) is 0 Å². The smallest absolute Gasteiger partial charge is 0.0403 e. The second kappa shape index (κ2) is 3.56. The molecule has 0 spiro atoms. The minimum atomic E-state index is 0.261. The Bertz CT molecular complexity index is 220. The number of nitrogens with zero attached hydrogens (tertiary/aromatic N) is 4. The van der Waals surface area contributed by atoms with Crippen molar-refractivity contribution in [1.82, 2.24) is 4.90 Å². The molecule has 2 saturated heterocycles. The summed E-state index contributed by atoms with van der Waals surface area (Å²) in [6.45, 7) is 0. The van der Waals surface area contributed by atoms with Gasteiger partial charge in [-0.05, 0) is 38.3 Å². The van der Waals surface area contributed by atoms with Gasteiger partial charge in [0.15, 0.2) is 0 Å². The van der Waals surface area contributed by atoms with Crippen LogP contribution in [-0.4, -0.2) is 30.1 Å². The van der Waals surface area contributed by atoms with Gasteiger partial charge in [-0.2, -0.15) is 0 Å². The number of rotatable bonds is 1. The first-order valence-corrected chi connectivity index (χ1v) is 5.07. The maximum absolute atomic E-state index is 8.39. The van der Waals surface area contributed by atoms with Gasteiger partial charge in [0.1, 0.15) is 0 Å². The van der Waals surface area contributed by atoms with Gasteiger partial charge in [-0.3, -0.25) is 0 Å². The largest absolute Gasteiger partial charge is 0.300 e. The fourth-order valence-corrected chi connectivity index (χ4v) is 2.75. The van der Waals surface area contributed by atoms with Crippen molar-refractivity contribution >= 4 is 0 Å². The Morgan fingerprint density at radius 1 is 1.31 bits per heavy atom. The molecule has 4 heteroatoms. The van der Waals surface area contributed by atoms with Crippen molar-refractivity contribution in [3.05, 3.63) is 10.4 Å². The summed E-state index contributed by atoms with van der Waals surface area (Å²) in [6, 6.07) is 1.60. The fraction of sp³-hybridized carbons (Fsp3) is 1.00. The molecular weight excluding hydrogens is 164 g/mol. The van der Waals surface area contributed by atoms with Crippen LogP contribution in [0, 0.1) is 0 Å². The Hall–Kier alpha value is -0.730. The third-order valence-corrected chi connectivity index (χ3v) is 3.53. The maximum atomic E-state index is 8.39. The first-order chi connectivity index (χ1) is 6.31. The molecule has 0 aliphatic carbocycles. The summed E-state index contributed by atoms with van der Waals surface area (Å²) < 4.78 is 0. The second-order valence-corrected chi connectivity index (χ2v) is 4.23. The van der Waals surface area contributed by atoms with Gasteiger partial charge in [0, 0.05) is 23.0 Å². The van der Waals surface area contributed by atoms with E-state index in [4.69, 9.17) is 5.53 Å². The van der Waals surface area contributed by atoms with Gasteiger partial charge < -0.3 is 4.90 Å². The van der Waals surface area contributed by atoms with E-state index in [1.807, 2.05) is 0 Å². The zero-order chi connectivity index (χ0) is 9.26. The molecule has 2 atom stereocenters. The lowest BCUT2D eigenvalue weighted by Gasteiger charge is -2.46. The summed E-state index contributed by atoms with van der Waals surface area (Å²) in [6.07, 6.45) is 6.05. The van der Waals surface area contributed by atoms with Crippen LogP contribution >= 0.6 is 0 Å². The van der Waals surface area contributed by atoms with Gasteiger partial charge >= 0.3 is 0 Å². The van der Waals surface area contributed by atoms with E-state index in [0.29, 0.717) is 12.1 Å². The van der Waals surface area contributed by atoms with Crippen LogP contribution in [-0.2, 0) is 0 Å². The highest BCUT2D eigenvalue weighted by atomic mass is 15.2. The van der Waals surface area contributed by atoms with E-state index in [-0.39, 0.29) is 6.04 Å². The first kappa shape index (κ1) is 8.85. The first-order valence-electron chi connectivity index (χ1n) is 5.07. The highest BCUT2D eigenvalue weighted by Crippen LogP contribution is 2.33. The molecule has 0 N–H and O–H groups in total. The predicted molar refractivity (Wildman–Crippen MR) is 51.4 cm³/mol. The van der Waals surface area contributed by atoms with Gasteiger partial charge in [-0.1, -0.05) is 11.5 Å². The molecule has 72 valence electrons. The number of hydrogen-bond acceptors (Lipinski definition) is 2. The Morgan fingerprint density at radius 3 is 2.46 bits per heavy atom. The molecule has 0 radical (unpaired) electrons. The Labute approximate surface area is 78.5 Å². The Morgan fingerprint density at radius 2 is 1.92 bits per heavy atom. The van der Waals surface area contributed by atoms with Crippen molar-refractivity contribution in [3.63, 3.8) is 0 Å². The third-order valence-electron chi connectivity index (χ3n) is 3.53. The topological polar surface area (TPSA) is 52.0 Å². The highest BCUT2D eigenvalue weighted by Gasteiger charge is 2.35. The summed E-state index contributed by atoms with van der Waals surface area (Å²) >= 11 is 0. The number of azide groups is 1. The second-order valence-electron chi connectivity index (χ2n) is 4.23. The lowest BCUT2D eigenvalue weighted by molar-refractivity contribution is 0.0571. The lowest BCUT2D eigenvalue weighted by atomic mass is 9.83. The molecule has 4 nitrogen and oxygen atoms in total. The van der Waals surface area contributed by atoms with E-state index in [1.54, 1.807) is 0 Å². The van der Waals surface area contributed by atoms with E-state index in [9.17, 15) is 0 Å². The van der Waals surface area contributed by atoms with Crippen LogP contribution in [0.5, 0.6) is 0 Å². The average Bonchev–Trinajstić information content (AvgIpc) is 2.07. The molecule has 2 heterocycles. The standard InChI is InChI=1S/C9H16N4/c1-13-8-3-2-4-9(13)6-7(5-8)11-12-10/h7-9H,2-6H2,1H3. The lowest BCUT2D eigenvalue weighted by Crippen LogP contribution is -2.50. The van der Waals surface area contributed by atoms with Crippen molar-refractivity contribution in [2.45, 2.75) is 50.2 Å². The van der Waals surface area contributed by atoms with E-state index in [0.717, 1.165) is 12.8 Å². The highest BCUT2D eigenvalue weighted by molar-refractivity contribution is 4.93. The molecule has 2 unspecified atom stereocenters. The van der Waals surface area contributed by atoms with E-state index < -0.39 is 0 Å². The van der Waals surface area contributed by atoms with Crippen LogP contribution in [0.15, 0.2) is 5.11 Å². The molecule has 2 aliphatic heterocycles. The van der Waals surface area contributed by atoms with Gasteiger partial charge in [0.25, 0.3) is 0 Å². The summed E-state index contributed by atoms with van der Waals surface area (Å²) in [7, 11) is 2.21. The minimum absolute atomic E-state index is 0.261. The van der Waals surface area contributed by atoms with Crippen molar-refractivity contribution in [2.75, 3.05) is 7.05 Å². The molecule has 0 aromatic carbocycles. The van der Waals surface area contributed by atoms with Crippen molar-refractivity contribution in [1.29, 1.82) is 0 Å². The third kappa shape index (κ3) is 1.64. The van der Waals surface area contributed by atoms with E-state index in [2.05, 4.69) is 22.0 Å². The molecule has 2 bridgehead atoms.